The molecule has 1 heterocycles. The molecule has 0 aromatic heterocycles. The van der Waals surface area contributed by atoms with Crippen LogP contribution in [-0.4, -0.2) is 16.8 Å². The van der Waals surface area contributed by atoms with E-state index in [2.05, 4.69) is 0 Å². The maximum Gasteiger partial charge on any atom is 0.300 e. The topological polar surface area (TPSA) is 57.6 Å². The lowest BCUT2D eigenvalue weighted by atomic mass is 9.92. The number of hydrogen-bond donors (Lipinski definition) is 1. The van der Waals surface area contributed by atoms with Gasteiger partial charge in [-0.1, -0.05) is 83.9 Å². The number of aryl methyl sites for hydroxylation is 1. The number of fused-ring (bicyclic) bond motifs is 1. The van der Waals surface area contributed by atoms with Gasteiger partial charge in [0, 0.05) is 11.3 Å². The number of carbonyl (C=O) groups excluding carboxylic acids is 2. The lowest BCUT2D eigenvalue weighted by Gasteiger charge is -2.27. The molecule has 4 aromatic rings. The smallest absolute Gasteiger partial charge is 0.300 e. The monoisotopic (exact) mass is 487 g/mol. The third kappa shape index (κ3) is 3.65. The Balaban J connectivity index is 1.75. The van der Waals surface area contributed by atoms with E-state index in [0.717, 1.165) is 21.9 Å². The molecule has 4 nitrogen and oxygen atoms in total. The van der Waals surface area contributed by atoms with Crippen molar-refractivity contribution in [3.8, 4) is 0 Å². The minimum Gasteiger partial charge on any atom is -0.507 e. The van der Waals surface area contributed by atoms with Gasteiger partial charge in [0.25, 0.3) is 11.7 Å². The number of nitrogens with zero attached hydrogens (tertiary/aromatic N) is 1. The van der Waals surface area contributed by atoms with Crippen molar-refractivity contribution in [2.75, 3.05) is 4.90 Å². The van der Waals surface area contributed by atoms with Crippen LogP contribution in [0.4, 0.5) is 5.69 Å². The van der Waals surface area contributed by atoms with Gasteiger partial charge < -0.3 is 5.11 Å². The van der Waals surface area contributed by atoms with E-state index >= 15 is 0 Å². The normalized spacial score (nSPS) is 17.5. The summed E-state index contributed by atoms with van der Waals surface area (Å²) < 4.78 is 0. The first-order valence-corrected chi connectivity index (χ1v) is 11.4. The molecule has 0 spiro atoms. The molecule has 1 saturated heterocycles. The van der Waals surface area contributed by atoms with Gasteiger partial charge >= 0.3 is 0 Å². The van der Waals surface area contributed by atoms with Gasteiger partial charge in [0.05, 0.1) is 21.7 Å². The van der Waals surface area contributed by atoms with E-state index in [9.17, 15) is 14.7 Å². The standard InChI is InChI=1S/C28H19Cl2NO3/c1-16-6-2-5-9-21(16)25-24(26(32)19-11-10-17-7-3-4-8-18(17)14-19)27(33)28(34)31(25)20-12-13-22(29)23(30)15-20/h2-15,25,32H,1H3/b26-24+. The van der Waals surface area contributed by atoms with Crippen LogP contribution >= 0.6 is 23.2 Å². The average molecular weight is 488 g/mol. The number of carbonyl (C=O) groups is 2. The van der Waals surface area contributed by atoms with Crippen molar-refractivity contribution in [3.63, 3.8) is 0 Å². The molecule has 1 N–H and O–H groups in total. The summed E-state index contributed by atoms with van der Waals surface area (Å²) in [5.41, 5.74) is 2.52. The van der Waals surface area contributed by atoms with E-state index in [0.29, 0.717) is 16.3 Å². The van der Waals surface area contributed by atoms with Crippen LogP contribution in [0.1, 0.15) is 22.7 Å². The number of rotatable bonds is 3. The molecule has 1 unspecified atom stereocenters. The molecule has 1 aliphatic rings. The number of aliphatic hydroxyl groups is 1. The summed E-state index contributed by atoms with van der Waals surface area (Å²) >= 11 is 12.3. The van der Waals surface area contributed by atoms with Crippen LogP contribution in [0.15, 0.2) is 90.5 Å². The molecule has 1 atom stereocenters. The quantitative estimate of drug-likeness (QED) is 0.190. The molecule has 0 radical (unpaired) electrons. The lowest BCUT2D eigenvalue weighted by molar-refractivity contribution is -0.132. The Morgan fingerprint density at radius 2 is 1.53 bits per heavy atom. The third-order valence-electron chi connectivity index (χ3n) is 6.13. The second-order valence-corrected chi connectivity index (χ2v) is 9.00. The Kier molecular flexibility index (Phi) is 5.64. The molecule has 0 saturated carbocycles. The van der Waals surface area contributed by atoms with E-state index in [-0.39, 0.29) is 16.4 Å². The SMILES string of the molecule is Cc1ccccc1C1/C(=C(\O)c2ccc3ccccc3c2)C(=O)C(=O)N1c1ccc(Cl)c(Cl)c1. The molecule has 5 rings (SSSR count). The largest absolute Gasteiger partial charge is 0.507 e. The highest BCUT2D eigenvalue weighted by Gasteiger charge is 2.47. The summed E-state index contributed by atoms with van der Waals surface area (Å²) in [7, 11) is 0. The summed E-state index contributed by atoms with van der Waals surface area (Å²) in [4.78, 5) is 28.0. The fraction of sp³-hybridized carbons (Fsp3) is 0.0714. The Labute approximate surface area is 206 Å². The zero-order valence-electron chi connectivity index (χ0n) is 18.1. The Morgan fingerprint density at radius 1 is 0.824 bits per heavy atom. The molecule has 6 heteroatoms. The van der Waals surface area contributed by atoms with Gasteiger partial charge in [0.1, 0.15) is 5.76 Å². The first kappa shape index (κ1) is 22.2. The van der Waals surface area contributed by atoms with Crippen molar-refractivity contribution >= 4 is 57.1 Å². The molecule has 34 heavy (non-hydrogen) atoms. The van der Waals surface area contributed by atoms with Gasteiger partial charge in [-0.05, 0) is 53.1 Å². The van der Waals surface area contributed by atoms with Crippen LogP contribution in [-0.2, 0) is 9.59 Å². The first-order chi connectivity index (χ1) is 16.4. The van der Waals surface area contributed by atoms with Crippen LogP contribution in [0.25, 0.3) is 16.5 Å². The van der Waals surface area contributed by atoms with E-state index < -0.39 is 17.7 Å². The number of benzene rings is 4. The van der Waals surface area contributed by atoms with Crippen molar-refractivity contribution in [3.05, 3.63) is 117 Å². The van der Waals surface area contributed by atoms with Crippen molar-refractivity contribution in [2.24, 2.45) is 0 Å². The number of ketones is 1. The minimum absolute atomic E-state index is 0.0284. The molecule has 4 aromatic carbocycles. The Hall–Kier alpha value is -3.60. The molecule has 0 bridgehead atoms. The molecule has 168 valence electrons. The summed E-state index contributed by atoms with van der Waals surface area (Å²) in [6, 6.07) is 24.6. The minimum atomic E-state index is -0.829. The van der Waals surface area contributed by atoms with Gasteiger partial charge in [0.15, 0.2) is 0 Å². The van der Waals surface area contributed by atoms with Crippen molar-refractivity contribution < 1.29 is 14.7 Å². The number of anilines is 1. The fourth-order valence-electron chi connectivity index (χ4n) is 4.41. The number of aliphatic hydroxyl groups excluding tert-OH is 1. The predicted molar refractivity (Wildman–Crippen MR) is 136 cm³/mol. The third-order valence-corrected chi connectivity index (χ3v) is 6.87. The average Bonchev–Trinajstić information content (AvgIpc) is 3.10. The van der Waals surface area contributed by atoms with Crippen LogP contribution in [0.3, 0.4) is 0 Å². The van der Waals surface area contributed by atoms with E-state index in [1.165, 1.54) is 4.90 Å². The van der Waals surface area contributed by atoms with Crippen LogP contribution in [0, 0.1) is 6.92 Å². The van der Waals surface area contributed by atoms with Crippen LogP contribution < -0.4 is 4.90 Å². The maximum absolute atomic E-state index is 13.3. The van der Waals surface area contributed by atoms with Gasteiger partial charge in [-0.15, -0.1) is 0 Å². The fourth-order valence-corrected chi connectivity index (χ4v) is 4.71. The highest BCUT2D eigenvalue weighted by Crippen LogP contribution is 2.44. The highest BCUT2D eigenvalue weighted by atomic mass is 35.5. The van der Waals surface area contributed by atoms with Crippen molar-refractivity contribution in [1.29, 1.82) is 0 Å². The van der Waals surface area contributed by atoms with Crippen molar-refractivity contribution in [2.45, 2.75) is 13.0 Å². The highest BCUT2D eigenvalue weighted by molar-refractivity contribution is 6.52. The molecule has 1 amide bonds. The molecular formula is C28H19Cl2NO3. The van der Waals surface area contributed by atoms with Gasteiger partial charge in [0.2, 0.25) is 0 Å². The molecule has 0 aliphatic carbocycles. The molecular weight excluding hydrogens is 469 g/mol. The first-order valence-electron chi connectivity index (χ1n) is 10.7. The van der Waals surface area contributed by atoms with E-state index in [4.69, 9.17) is 23.2 Å². The molecule has 1 aliphatic heterocycles. The zero-order chi connectivity index (χ0) is 24.0. The van der Waals surface area contributed by atoms with E-state index in [1.54, 1.807) is 24.3 Å². The van der Waals surface area contributed by atoms with Crippen molar-refractivity contribution in [1.82, 2.24) is 0 Å². The summed E-state index contributed by atoms with van der Waals surface area (Å²) in [6.07, 6.45) is 0. The van der Waals surface area contributed by atoms with Gasteiger partial charge in [-0.3, -0.25) is 14.5 Å². The predicted octanol–water partition coefficient (Wildman–Crippen LogP) is 7.08. The number of hydrogen-bond acceptors (Lipinski definition) is 3. The zero-order valence-corrected chi connectivity index (χ0v) is 19.6. The Bertz CT molecular complexity index is 1510. The second-order valence-electron chi connectivity index (χ2n) is 8.19. The maximum atomic E-state index is 13.3. The summed E-state index contributed by atoms with van der Waals surface area (Å²) in [5.74, 6) is -1.72. The van der Waals surface area contributed by atoms with Gasteiger partial charge in [-0.25, -0.2) is 0 Å². The van der Waals surface area contributed by atoms with Gasteiger partial charge in [-0.2, -0.15) is 0 Å². The summed E-state index contributed by atoms with van der Waals surface area (Å²) in [5, 5.41) is 13.9. The summed E-state index contributed by atoms with van der Waals surface area (Å²) in [6.45, 7) is 1.90. The number of Topliss-reactive ketones (excluding diaryl/α,β-unsaturated/α-hetero) is 1. The van der Waals surface area contributed by atoms with Crippen LogP contribution in [0.2, 0.25) is 10.0 Å². The number of halogens is 2. The Morgan fingerprint density at radius 3 is 2.26 bits per heavy atom. The molecule has 1 fully saturated rings. The van der Waals surface area contributed by atoms with E-state index in [1.807, 2.05) is 67.6 Å². The lowest BCUT2D eigenvalue weighted by Crippen LogP contribution is -2.29. The number of amides is 1. The van der Waals surface area contributed by atoms with Crippen LogP contribution in [0.5, 0.6) is 0 Å². The second kappa shape index (κ2) is 8.64.